The molecule has 1 N–H and O–H groups in total. The van der Waals surface area contributed by atoms with Crippen molar-refractivity contribution in [1.82, 2.24) is 5.32 Å². The van der Waals surface area contributed by atoms with Crippen molar-refractivity contribution in [2.75, 3.05) is 12.0 Å². The number of nitrogens with one attached hydrogen (secondary N) is 1. The van der Waals surface area contributed by atoms with E-state index in [1.54, 1.807) is 17.6 Å². The van der Waals surface area contributed by atoms with Crippen molar-refractivity contribution in [3.63, 3.8) is 0 Å². The van der Waals surface area contributed by atoms with Crippen LogP contribution in [0.2, 0.25) is 0 Å². The van der Waals surface area contributed by atoms with E-state index in [2.05, 4.69) is 36.0 Å². The molecule has 4 heteroatoms. The topological polar surface area (TPSA) is 29.1 Å². The molecular formula is C12H21NOS2. The zero-order valence-electron chi connectivity index (χ0n) is 10.2. The van der Waals surface area contributed by atoms with Crippen LogP contribution in [-0.4, -0.2) is 28.3 Å². The van der Waals surface area contributed by atoms with Crippen molar-refractivity contribution >= 4 is 22.1 Å². The van der Waals surface area contributed by atoms with Crippen molar-refractivity contribution < 1.29 is 4.21 Å². The maximum atomic E-state index is 11.0. The maximum absolute atomic E-state index is 11.0. The normalized spacial score (nSPS) is 16.9. The molecule has 0 aliphatic heterocycles. The van der Waals surface area contributed by atoms with E-state index in [1.165, 1.54) is 5.56 Å². The smallest absolute Gasteiger partial charge is 0.0246 e. The molecule has 0 aromatic carbocycles. The number of hydrogen-bond acceptors (Lipinski definition) is 3. The van der Waals surface area contributed by atoms with Gasteiger partial charge in [-0.05, 0) is 49.1 Å². The average molecular weight is 259 g/mol. The zero-order valence-corrected chi connectivity index (χ0v) is 11.9. The van der Waals surface area contributed by atoms with Gasteiger partial charge in [-0.15, -0.1) is 0 Å². The van der Waals surface area contributed by atoms with Crippen LogP contribution in [0, 0.1) is 0 Å². The predicted octanol–water partition coefficient (Wildman–Crippen LogP) is 2.43. The molecule has 1 aromatic rings. The molecule has 1 heterocycles. The Morgan fingerprint density at radius 3 is 2.75 bits per heavy atom. The van der Waals surface area contributed by atoms with E-state index in [0.717, 1.165) is 18.6 Å². The lowest BCUT2D eigenvalue weighted by molar-refractivity contribution is 0.457. The minimum absolute atomic E-state index is 0.442. The number of rotatable bonds is 7. The quantitative estimate of drug-likeness (QED) is 0.815. The summed E-state index contributed by atoms with van der Waals surface area (Å²) < 4.78 is 11.0. The fourth-order valence-electron chi connectivity index (χ4n) is 1.73. The van der Waals surface area contributed by atoms with Crippen LogP contribution in [0.3, 0.4) is 0 Å². The molecule has 0 fully saturated rings. The van der Waals surface area contributed by atoms with Gasteiger partial charge in [-0.1, -0.05) is 0 Å². The Bertz CT molecular complexity index is 311. The lowest BCUT2D eigenvalue weighted by Crippen LogP contribution is -2.36. The van der Waals surface area contributed by atoms with Gasteiger partial charge in [0.15, 0.2) is 0 Å². The molecule has 0 aliphatic rings. The number of hydrogen-bond donors (Lipinski definition) is 1. The highest BCUT2D eigenvalue weighted by Gasteiger charge is 2.08. The summed E-state index contributed by atoms with van der Waals surface area (Å²) in [6.07, 6.45) is 3.82. The van der Waals surface area contributed by atoms with E-state index in [0.29, 0.717) is 12.1 Å². The molecular weight excluding hydrogens is 238 g/mol. The summed E-state index contributed by atoms with van der Waals surface area (Å²) in [5, 5.41) is 7.86. The van der Waals surface area contributed by atoms with Crippen molar-refractivity contribution in [1.29, 1.82) is 0 Å². The third kappa shape index (κ3) is 5.77. The van der Waals surface area contributed by atoms with Crippen LogP contribution in [0.1, 0.15) is 25.8 Å². The Hall–Kier alpha value is -0.190. The third-order valence-electron chi connectivity index (χ3n) is 2.53. The van der Waals surface area contributed by atoms with E-state index < -0.39 is 10.8 Å². The van der Waals surface area contributed by atoms with Gasteiger partial charge >= 0.3 is 0 Å². The Kier molecular flexibility index (Phi) is 6.24. The molecule has 3 unspecified atom stereocenters. The highest BCUT2D eigenvalue weighted by atomic mass is 32.2. The molecule has 92 valence electrons. The van der Waals surface area contributed by atoms with Crippen molar-refractivity contribution in [3.8, 4) is 0 Å². The summed E-state index contributed by atoms with van der Waals surface area (Å²) in [7, 11) is -0.671. The minimum Gasteiger partial charge on any atom is -0.311 e. The van der Waals surface area contributed by atoms with Crippen molar-refractivity contribution in [2.45, 2.75) is 38.8 Å². The van der Waals surface area contributed by atoms with Gasteiger partial charge in [-0.3, -0.25) is 4.21 Å². The summed E-state index contributed by atoms with van der Waals surface area (Å²) in [5.41, 5.74) is 1.40. The second-order valence-electron chi connectivity index (χ2n) is 4.37. The largest absolute Gasteiger partial charge is 0.311 e. The van der Waals surface area contributed by atoms with Gasteiger partial charge in [0, 0.05) is 34.9 Å². The van der Waals surface area contributed by atoms with Gasteiger partial charge in [0.05, 0.1) is 0 Å². The van der Waals surface area contributed by atoms with Gasteiger partial charge in [0.1, 0.15) is 0 Å². The van der Waals surface area contributed by atoms with E-state index in [4.69, 9.17) is 0 Å². The van der Waals surface area contributed by atoms with Crippen molar-refractivity contribution in [2.24, 2.45) is 0 Å². The van der Waals surface area contributed by atoms with E-state index in [1.807, 2.05) is 0 Å². The highest BCUT2D eigenvalue weighted by molar-refractivity contribution is 7.84. The van der Waals surface area contributed by atoms with E-state index in [-0.39, 0.29) is 0 Å². The molecule has 16 heavy (non-hydrogen) atoms. The minimum atomic E-state index is -0.671. The SMILES string of the molecule is CC(CCS(C)=O)NC(C)Cc1ccsc1. The summed E-state index contributed by atoms with van der Waals surface area (Å²) >= 11 is 1.75. The van der Waals surface area contributed by atoms with Crippen molar-refractivity contribution in [3.05, 3.63) is 22.4 Å². The third-order valence-corrected chi connectivity index (χ3v) is 4.07. The molecule has 2 nitrogen and oxygen atoms in total. The standard InChI is InChI=1S/C12H21NOS2/c1-10(5-7-16(3)14)13-11(2)8-12-4-6-15-9-12/h4,6,9-11,13H,5,7-8H2,1-3H3. The highest BCUT2D eigenvalue weighted by Crippen LogP contribution is 2.09. The molecule has 1 aromatic heterocycles. The van der Waals surface area contributed by atoms with Gasteiger partial charge in [0.2, 0.25) is 0 Å². The second-order valence-corrected chi connectivity index (χ2v) is 6.71. The predicted molar refractivity (Wildman–Crippen MR) is 73.6 cm³/mol. The lowest BCUT2D eigenvalue weighted by Gasteiger charge is -2.19. The summed E-state index contributed by atoms with van der Waals surface area (Å²) in [6.45, 7) is 4.37. The first kappa shape index (κ1) is 13.9. The fraction of sp³-hybridized carbons (Fsp3) is 0.667. The Morgan fingerprint density at radius 1 is 1.44 bits per heavy atom. The van der Waals surface area contributed by atoms with Crippen LogP contribution in [-0.2, 0) is 17.2 Å². The molecule has 0 spiro atoms. The molecule has 0 saturated carbocycles. The van der Waals surface area contributed by atoms with Crippen LogP contribution in [0.5, 0.6) is 0 Å². The van der Waals surface area contributed by atoms with Gasteiger partial charge in [-0.2, -0.15) is 11.3 Å². The molecule has 0 radical (unpaired) electrons. The van der Waals surface area contributed by atoms with Gasteiger partial charge < -0.3 is 5.32 Å². The van der Waals surface area contributed by atoms with Crippen LogP contribution in [0.25, 0.3) is 0 Å². The summed E-state index contributed by atoms with van der Waals surface area (Å²) in [4.78, 5) is 0. The van der Waals surface area contributed by atoms with Crippen LogP contribution >= 0.6 is 11.3 Å². The van der Waals surface area contributed by atoms with Gasteiger partial charge in [-0.25, -0.2) is 0 Å². The lowest BCUT2D eigenvalue weighted by atomic mass is 10.1. The average Bonchev–Trinajstić information content (AvgIpc) is 2.67. The van der Waals surface area contributed by atoms with Gasteiger partial charge in [0.25, 0.3) is 0 Å². The monoisotopic (exact) mass is 259 g/mol. The zero-order chi connectivity index (χ0) is 12.0. The summed E-state index contributed by atoms with van der Waals surface area (Å²) in [5.74, 6) is 0.791. The molecule has 1 rings (SSSR count). The summed E-state index contributed by atoms with van der Waals surface area (Å²) in [6, 6.07) is 3.10. The first-order valence-electron chi connectivity index (χ1n) is 5.65. The molecule has 0 saturated heterocycles. The number of thiophene rings is 1. The second kappa shape index (κ2) is 7.20. The fourth-order valence-corrected chi connectivity index (χ4v) is 3.10. The van der Waals surface area contributed by atoms with E-state index >= 15 is 0 Å². The Labute approximate surface area is 105 Å². The van der Waals surface area contributed by atoms with E-state index in [9.17, 15) is 4.21 Å². The molecule has 0 aliphatic carbocycles. The first-order valence-corrected chi connectivity index (χ1v) is 8.32. The Morgan fingerprint density at radius 2 is 2.19 bits per heavy atom. The Balaban J connectivity index is 2.22. The maximum Gasteiger partial charge on any atom is 0.0246 e. The molecule has 3 atom stereocenters. The van der Waals surface area contributed by atoms with Crippen LogP contribution in [0.4, 0.5) is 0 Å². The molecule has 0 bridgehead atoms. The molecule has 0 amide bonds. The van der Waals surface area contributed by atoms with Crippen LogP contribution < -0.4 is 5.32 Å². The van der Waals surface area contributed by atoms with Crippen LogP contribution in [0.15, 0.2) is 16.8 Å². The first-order chi connectivity index (χ1) is 7.58.